The fraction of sp³-hybridized carbons (Fsp3) is 0.0833. The summed E-state index contributed by atoms with van der Waals surface area (Å²) in [5.74, 6) is -1.22. The predicted octanol–water partition coefficient (Wildman–Crippen LogP) is 3.23. The van der Waals surface area contributed by atoms with E-state index in [2.05, 4.69) is 5.10 Å². The second-order valence-corrected chi connectivity index (χ2v) is 5.01. The Morgan fingerprint density at radius 2 is 1.95 bits per heavy atom. The van der Waals surface area contributed by atoms with Crippen molar-refractivity contribution in [2.75, 3.05) is 0 Å². The van der Waals surface area contributed by atoms with Crippen LogP contribution in [-0.2, 0) is 6.54 Å². The molecule has 2 rings (SSSR count). The molecule has 0 aliphatic heterocycles. The molecule has 0 bridgehead atoms. The number of benzene rings is 1. The highest BCUT2D eigenvalue weighted by atomic mass is 35.5. The molecule has 0 aliphatic carbocycles. The number of Topliss-reactive ketones (excluding diaryl/α,β-unsaturated/α-hetero) is 1. The van der Waals surface area contributed by atoms with Gasteiger partial charge >= 0.3 is 0 Å². The number of hydrogen-bond acceptors (Lipinski definition) is 3. The Morgan fingerprint density at radius 3 is 2.60 bits per heavy atom. The van der Waals surface area contributed by atoms with Crippen LogP contribution in [0.2, 0.25) is 15.1 Å². The summed E-state index contributed by atoms with van der Waals surface area (Å²) in [4.78, 5) is 23.7. The van der Waals surface area contributed by atoms with Gasteiger partial charge in [0.05, 0.1) is 16.2 Å². The number of aromatic nitrogens is 2. The fourth-order valence-corrected chi connectivity index (χ4v) is 1.84. The first-order valence-corrected chi connectivity index (χ1v) is 6.43. The zero-order valence-corrected chi connectivity index (χ0v) is 12.0. The van der Waals surface area contributed by atoms with Crippen molar-refractivity contribution in [3.8, 4) is 0 Å². The minimum atomic E-state index is -0.716. The number of ketones is 1. The maximum atomic E-state index is 13.3. The molecule has 2 aromatic rings. The third-order valence-corrected chi connectivity index (χ3v) is 3.53. The van der Waals surface area contributed by atoms with Crippen LogP contribution in [0.25, 0.3) is 0 Å². The van der Waals surface area contributed by atoms with Crippen molar-refractivity contribution in [3.63, 3.8) is 0 Å². The highest BCUT2D eigenvalue weighted by Gasteiger charge is 2.13. The lowest BCUT2D eigenvalue weighted by Gasteiger charge is -2.05. The van der Waals surface area contributed by atoms with Crippen molar-refractivity contribution in [1.82, 2.24) is 9.78 Å². The molecule has 0 saturated carbocycles. The Labute approximate surface area is 127 Å². The molecule has 0 amide bonds. The van der Waals surface area contributed by atoms with Gasteiger partial charge in [-0.25, -0.2) is 9.07 Å². The predicted molar refractivity (Wildman–Crippen MR) is 74.3 cm³/mol. The highest BCUT2D eigenvalue weighted by molar-refractivity contribution is 6.41. The summed E-state index contributed by atoms with van der Waals surface area (Å²) in [5, 5.41) is 3.37. The number of nitrogens with zero attached hydrogens (tertiary/aromatic N) is 2. The Kier molecular flexibility index (Phi) is 4.42. The molecule has 0 atom stereocenters. The molecule has 1 heterocycles. The molecule has 0 unspecified atom stereocenters. The standard InChI is InChI=1S/C12H6Cl3FN2O2/c13-7-2-1-6(3-9(7)16)10(19)5-18-12(20)11(15)8(14)4-17-18/h1-4H,5H2. The van der Waals surface area contributed by atoms with Crippen LogP contribution in [0, 0.1) is 5.82 Å². The van der Waals surface area contributed by atoms with E-state index in [0.29, 0.717) is 0 Å². The van der Waals surface area contributed by atoms with Gasteiger partial charge in [-0.2, -0.15) is 5.10 Å². The van der Waals surface area contributed by atoms with Crippen molar-refractivity contribution in [3.05, 3.63) is 61.2 Å². The summed E-state index contributed by atoms with van der Waals surface area (Å²) in [5.41, 5.74) is -0.617. The lowest BCUT2D eigenvalue weighted by Crippen LogP contribution is -2.27. The van der Waals surface area contributed by atoms with Gasteiger partial charge in [0.25, 0.3) is 5.56 Å². The SMILES string of the molecule is O=C(Cn1ncc(Cl)c(Cl)c1=O)c1ccc(Cl)c(F)c1. The van der Waals surface area contributed by atoms with E-state index in [1.54, 1.807) is 0 Å². The van der Waals surface area contributed by atoms with E-state index in [4.69, 9.17) is 34.8 Å². The lowest BCUT2D eigenvalue weighted by atomic mass is 10.1. The Bertz CT molecular complexity index is 746. The van der Waals surface area contributed by atoms with Crippen molar-refractivity contribution in [2.45, 2.75) is 6.54 Å². The van der Waals surface area contributed by atoms with E-state index in [1.165, 1.54) is 12.1 Å². The summed E-state index contributed by atoms with van der Waals surface area (Å²) in [7, 11) is 0. The van der Waals surface area contributed by atoms with E-state index in [1.807, 2.05) is 0 Å². The van der Waals surface area contributed by atoms with Crippen molar-refractivity contribution in [2.24, 2.45) is 0 Å². The molecule has 0 aliphatic rings. The van der Waals surface area contributed by atoms with Gasteiger partial charge in [0.2, 0.25) is 0 Å². The zero-order chi connectivity index (χ0) is 14.9. The molecule has 104 valence electrons. The maximum Gasteiger partial charge on any atom is 0.287 e. The second-order valence-electron chi connectivity index (χ2n) is 3.82. The van der Waals surface area contributed by atoms with Crippen molar-refractivity contribution < 1.29 is 9.18 Å². The van der Waals surface area contributed by atoms with Crippen LogP contribution < -0.4 is 5.56 Å². The first kappa shape index (κ1) is 15.0. The molecule has 0 N–H and O–H groups in total. The lowest BCUT2D eigenvalue weighted by molar-refractivity contribution is 0.0965. The minimum absolute atomic E-state index is 0.00194. The molecule has 4 nitrogen and oxygen atoms in total. The molecular formula is C12H6Cl3FN2O2. The minimum Gasteiger partial charge on any atom is -0.292 e. The van der Waals surface area contributed by atoms with Gasteiger partial charge in [0.1, 0.15) is 17.4 Å². The molecule has 1 aromatic heterocycles. The van der Waals surface area contributed by atoms with Crippen molar-refractivity contribution >= 4 is 40.6 Å². The van der Waals surface area contributed by atoms with E-state index < -0.39 is 17.2 Å². The third kappa shape index (κ3) is 3.00. The topological polar surface area (TPSA) is 52.0 Å². The largest absolute Gasteiger partial charge is 0.292 e. The zero-order valence-electron chi connectivity index (χ0n) is 9.74. The van der Waals surface area contributed by atoms with E-state index in [0.717, 1.165) is 16.9 Å². The van der Waals surface area contributed by atoms with Gasteiger partial charge in [0, 0.05) is 5.56 Å². The van der Waals surface area contributed by atoms with Gasteiger partial charge in [-0.1, -0.05) is 34.8 Å². The summed E-state index contributed by atoms with van der Waals surface area (Å²) in [6, 6.07) is 3.61. The number of halogens is 4. The van der Waals surface area contributed by atoms with Gasteiger partial charge in [0.15, 0.2) is 5.78 Å². The van der Waals surface area contributed by atoms with Gasteiger partial charge in [-0.3, -0.25) is 9.59 Å². The molecule has 0 saturated heterocycles. The number of carbonyl (C=O) groups excluding carboxylic acids is 1. The summed E-state index contributed by atoms with van der Waals surface area (Å²) in [6.45, 7) is -0.378. The van der Waals surface area contributed by atoms with Crippen LogP contribution in [0.3, 0.4) is 0 Å². The van der Waals surface area contributed by atoms with Crippen molar-refractivity contribution in [1.29, 1.82) is 0 Å². The van der Waals surface area contributed by atoms with E-state index in [9.17, 15) is 14.0 Å². The Balaban J connectivity index is 2.30. The Morgan fingerprint density at radius 1 is 1.25 bits per heavy atom. The maximum absolute atomic E-state index is 13.3. The van der Waals surface area contributed by atoms with Crippen LogP contribution in [-0.4, -0.2) is 15.6 Å². The molecule has 1 aromatic carbocycles. The normalized spacial score (nSPS) is 10.6. The summed E-state index contributed by atoms with van der Waals surface area (Å²) >= 11 is 16.8. The number of hydrogen-bond donors (Lipinski definition) is 0. The van der Waals surface area contributed by atoms with Crippen LogP contribution in [0.1, 0.15) is 10.4 Å². The smallest absolute Gasteiger partial charge is 0.287 e. The van der Waals surface area contributed by atoms with Gasteiger partial charge in [-0.15, -0.1) is 0 Å². The molecule has 0 fully saturated rings. The van der Waals surface area contributed by atoms with Gasteiger partial charge in [-0.05, 0) is 18.2 Å². The molecule has 20 heavy (non-hydrogen) atoms. The van der Waals surface area contributed by atoms with E-state index in [-0.39, 0.29) is 27.2 Å². The quantitative estimate of drug-likeness (QED) is 0.809. The monoisotopic (exact) mass is 334 g/mol. The van der Waals surface area contributed by atoms with Crippen LogP contribution in [0.15, 0.2) is 29.2 Å². The van der Waals surface area contributed by atoms with E-state index >= 15 is 0 Å². The molecule has 0 radical (unpaired) electrons. The Hall–Kier alpha value is -1.43. The first-order chi connectivity index (χ1) is 9.40. The first-order valence-electron chi connectivity index (χ1n) is 5.29. The number of rotatable bonds is 3. The van der Waals surface area contributed by atoms with Crippen LogP contribution >= 0.6 is 34.8 Å². The van der Waals surface area contributed by atoms with Crippen LogP contribution in [0.4, 0.5) is 4.39 Å². The van der Waals surface area contributed by atoms with Gasteiger partial charge < -0.3 is 0 Å². The number of carbonyl (C=O) groups is 1. The summed E-state index contributed by atoms with van der Waals surface area (Å²) in [6.07, 6.45) is 1.15. The average molecular weight is 336 g/mol. The van der Waals surface area contributed by atoms with Crippen LogP contribution in [0.5, 0.6) is 0 Å². The molecule has 8 heteroatoms. The third-order valence-electron chi connectivity index (χ3n) is 2.48. The fourth-order valence-electron chi connectivity index (χ4n) is 1.45. The molecular weight excluding hydrogens is 330 g/mol. The highest BCUT2D eigenvalue weighted by Crippen LogP contribution is 2.17. The second kappa shape index (κ2) is 5.91. The average Bonchev–Trinajstić information content (AvgIpc) is 2.42. The summed E-state index contributed by atoms with van der Waals surface area (Å²) < 4.78 is 14.1. The molecule has 0 spiro atoms.